The lowest BCUT2D eigenvalue weighted by Gasteiger charge is -2.40. The molecule has 3 unspecified atom stereocenters. The maximum atomic E-state index is 13.0. The molecule has 0 spiro atoms. The van der Waals surface area contributed by atoms with E-state index in [2.05, 4.69) is 9.47 Å². The van der Waals surface area contributed by atoms with Gasteiger partial charge in [0.15, 0.2) is 0 Å². The highest BCUT2D eigenvalue weighted by Crippen LogP contribution is 2.45. The summed E-state index contributed by atoms with van der Waals surface area (Å²) in [6.45, 7) is 0. The van der Waals surface area contributed by atoms with Crippen molar-refractivity contribution in [3.8, 4) is 0 Å². The molecule has 0 bridgehead atoms. The standard InChI is InChI=1S/C8H6ClF3O2/c9-7(10)8(11,12)14-6-4-2-1-3-5(6)13-7/h1-6H. The summed E-state index contributed by atoms with van der Waals surface area (Å²) in [6, 6.07) is 0. The second-order valence-electron chi connectivity index (χ2n) is 2.97. The molecule has 0 saturated carbocycles. The molecule has 1 heterocycles. The van der Waals surface area contributed by atoms with Gasteiger partial charge in [-0.25, -0.2) is 0 Å². The van der Waals surface area contributed by atoms with Crippen LogP contribution in [0.2, 0.25) is 0 Å². The molecule has 0 amide bonds. The highest BCUT2D eigenvalue weighted by Gasteiger charge is 2.63. The molecule has 1 fully saturated rings. The van der Waals surface area contributed by atoms with Crippen molar-refractivity contribution in [3.05, 3.63) is 24.3 Å². The molecule has 1 aliphatic heterocycles. The smallest absolute Gasteiger partial charge is 0.316 e. The maximum Gasteiger partial charge on any atom is 0.431 e. The van der Waals surface area contributed by atoms with Crippen molar-refractivity contribution in [2.24, 2.45) is 0 Å². The summed E-state index contributed by atoms with van der Waals surface area (Å²) >= 11 is 4.86. The number of hydrogen-bond donors (Lipinski definition) is 0. The molecule has 3 atom stereocenters. The molecular weight excluding hydrogens is 221 g/mol. The topological polar surface area (TPSA) is 18.5 Å². The third-order valence-corrected chi connectivity index (χ3v) is 2.25. The first-order valence-electron chi connectivity index (χ1n) is 3.89. The Morgan fingerprint density at radius 2 is 1.50 bits per heavy atom. The summed E-state index contributed by atoms with van der Waals surface area (Å²) in [5.41, 5.74) is 0. The van der Waals surface area contributed by atoms with Crippen molar-refractivity contribution in [3.63, 3.8) is 0 Å². The van der Waals surface area contributed by atoms with Gasteiger partial charge in [-0.15, -0.1) is 0 Å². The minimum absolute atomic E-state index is 0.915. The highest BCUT2D eigenvalue weighted by atomic mass is 35.5. The van der Waals surface area contributed by atoms with Crippen molar-refractivity contribution >= 4 is 11.6 Å². The van der Waals surface area contributed by atoms with Crippen LogP contribution in [0.25, 0.3) is 0 Å². The minimum Gasteiger partial charge on any atom is -0.316 e. The van der Waals surface area contributed by atoms with Gasteiger partial charge >= 0.3 is 11.4 Å². The largest absolute Gasteiger partial charge is 0.431 e. The molecule has 0 aromatic rings. The molecular formula is C8H6ClF3O2. The van der Waals surface area contributed by atoms with Gasteiger partial charge in [0.05, 0.1) is 0 Å². The fourth-order valence-electron chi connectivity index (χ4n) is 1.26. The Balaban J connectivity index is 2.24. The van der Waals surface area contributed by atoms with Crippen molar-refractivity contribution < 1.29 is 22.6 Å². The lowest BCUT2D eigenvalue weighted by Crippen LogP contribution is -2.56. The van der Waals surface area contributed by atoms with Crippen molar-refractivity contribution in [1.82, 2.24) is 0 Å². The van der Waals surface area contributed by atoms with E-state index in [1.54, 1.807) is 6.08 Å². The SMILES string of the molecule is FC1(F)OC2C=CC=CC2OC1(F)Cl. The normalized spacial score (nSPS) is 44.9. The zero-order valence-electron chi connectivity index (χ0n) is 6.79. The van der Waals surface area contributed by atoms with E-state index >= 15 is 0 Å². The number of alkyl halides is 4. The lowest BCUT2D eigenvalue weighted by molar-refractivity contribution is -0.407. The van der Waals surface area contributed by atoms with Crippen LogP contribution in [0.5, 0.6) is 0 Å². The molecule has 0 aromatic heterocycles. The van der Waals surface area contributed by atoms with E-state index in [-0.39, 0.29) is 0 Å². The first-order chi connectivity index (χ1) is 6.42. The number of hydrogen-bond acceptors (Lipinski definition) is 2. The molecule has 14 heavy (non-hydrogen) atoms. The monoisotopic (exact) mass is 226 g/mol. The summed E-state index contributed by atoms with van der Waals surface area (Å²) in [5.74, 6) is 0. The van der Waals surface area contributed by atoms with Crippen LogP contribution in [0.15, 0.2) is 24.3 Å². The molecule has 2 aliphatic rings. The molecule has 0 N–H and O–H groups in total. The Hall–Kier alpha value is -0.520. The van der Waals surface area contributed by atoms with Gasteiger partial charge in [0, 0.05) is 0 Å². The van der Waals surface area contributed by atoms with Gasteiger partial charge in [-0.1, -0.05) is 24.3 Å². The average molecular weight is 227 g/mol. The first kappa shape index (κ1) is 10.0. The molecule has 2 rings (SSSR count). The summed E-state index contributed by atoms with van der Waals surface area (Å²) in [4.78, 5) is 0. The van der Waals surface area contributed by atoms with Gasteiger partial charge in [-0.3, -0.25) is 0 Å². The Morgan fingerprint density at radius 3 is 2.07 bits per heavy atom. The number of fused-ring (bicyclic) bond motifs is 1. The Bertz CT molecular complexity index is 271. The fraction of sp³-hybridized carbons (Fsp3) is 0.500. The number of halogens is 4. The molecule has 1 aliphatic carbocycles. The lowest BCUT2D eigenvalue weighted by atomic mass is 10.1. The second kappa shape index (κ2) is 2.98. The summed E-state index contributed by atoms with van der Waals surface area (Å²) in [7, 11) is 0. The van der Waals surface area contributed by atoms with Crippen LogP contribution in [0, 0.1) is 0 Å². The van der Waals surface area contributed by atoms with E-state index in [9.17, 15) is 13.2 Å². The van der Waals surface area contributed by atoms with Gasteiger partial charge < -0.3 is 9.47 Å². The van der Waals surface area contributed by atoms with E-state index in [4.69, 9.17) is 11.6 Å². The van der Waals surface area contributed by atoms with Crippen molar-refractivity contribution in [2.45, 2.75) is 23.6 Å². The van der Waals surface area contributed by atoms with Crippen molar-refractivity contribution in [2.75, 3.05) is 0 Å². The third-order valence-electron chi connectivity index (χ3n) is 1.94. The predicted octanol–water partition coefficient (Wildman–Crippen LogP) is 2.35. The number of allylic oxidation sites excluding steroid dienone is 2. The molecule has 0 aromatic carbocycles. The number of rotatable bonds is 0. The summed E-state index contributed by atoms with van der Waals surface area (Å²) in [5, 5.41) is -3.61. The van der Waals surface area contributed by atoms with Crippen LogP contribution in [0.1, 0.15) is 0 Å². The van der Waals surface area contributed by atoms with E-state index in [0.717, 1.165) is 0 Å². The van der Waals surface area contributed by atoms with Crippen LogP contribution in [-0.4, -0.2) is 23.6 Å². The van der Waals surface area contributed by atoms with Gasteiger partial charge in [0.2, 0.25) is 0 Å². The molecule has 78 valence electrons. The molecule has 6 heteroatoms. The van der Waals surface area contributed by atoms with Crippen LogP contribution in [-0.2, 0) is 9.47 Å². The zero-order valence-corrected chi connectivity index (χ0v) is 7.55. The fourth-order valence-corrected chi connectivity index (χ4v) is 1.41. The van der Waals surface area contributed by atoms with Crippen LogP contribution in [0.4, 0.5) is 13.2 Å². The first-order valence-corrected chi connectivity index (χ1v) is 4.26. The molecule has 2 nitrogen and oxygen atoms in total. The van der Waals surface area contributed by atoms with Gasteiger partial charge in [-0.2, -0.15) is 13.2 Å². The van der Waals surface area contributed by atoms with Crippen LogP contribution in [0.3, 0.4) is 0 Å². The maximum absolute atomic E-state index is 13.0. The van der Waals surface area contributed by atoms with Crippen molar-refractivity contribution in [1.29, 1.82) is 0 Å². The van der Waals surface area contributed by atoms with E-state index < -0.39 is 23.6 Å². The van der Waals surface area contributed by atoms with Gasteiger partial charge in [-0.05, 0) is 11.6 Å². The quantitative estimate of drug-likeness (QED) is 0.591. The molecule has 0 radical (unpaired) electrons. The second-order valence-corrected chi connectivity index (χ2v) is 3.45. The van der Waals surface area contributed by atoms with Gasteiger partial charge in [0.1, 0.15) is 12.2 Å². The Morgan fingerprint density at radius 1 is 1.00 bits per heavy atom. The third kappa shape index (κ3) is 1.45. The van der Waals surface area contributed by atoms with E-state index in [0.29, 0.717) is 0 Å². The minimum atomic E-state index is -4.15. The van der Waals surface area contributed by atoms with Crippen LogP contribution < -0.4 is 0 Å². The highest BCUT2D eigenvalue weighted by molar-refractivity contribution is 6.22. The van der Waals surface area contributed by atoms with E-state index in [1.807, 2.05) is 0 Å². The van der Waals surface area contributed by atoms with E-state index in [1.165, 1.54) is 18.2 Å². The average Bonchev–Trinajstić information content (AvgIpc) is 2.05. The number of ether oxygens (including phenoxy) is 2. The Labute approximate surface area is 82.9 Å². The van der Waals surface area contributed by atoms with Crippen LogP contribution >= 0.6 is 11.6 Å². The summed E-state index contributed by atoms with van der Waals surface area (Å²) in [6.07, 6.45) is -0.257. The molecule has 1 saturated heterocycles. The van der Waals surface area contributed by atoms with Gasteiger partial charge in [0.25, 0.3) is 0 Å². The Kier molecular flexibility index (Phi) is 2.13. The predicted molar refractivity (Wildman–Crippen MR) is 42.7 cm³/mol. The zero-order chi connectivity index (χ0) is 10.4. The summed E-state index contributed by atoms with van der Waals surface area (Å²) < 4.78 is 47.3.